The molecule has 0 aliphatic carbocycles. The van der Waals surface area contributed by atoms with E-state index < -0.39 is 43.3 Å². The maximum Gasteiger partial charge on any atom is 0.417 e. The van der Waals surface area contributed by atoms with E-state index in [1.807, 2.05) is 0 Å². The lowest BCUT2D eigenvalue weighted by Gasteiger charge is -2.15. The summed E-state index contributed by atoms with van der Waals surface area (Å²) in [6, 6.07) is 10.6. The number of nitrogens with one attached hydrogen (secondary N) is 1. The standard InChI is InChI=1S/C20H16F3N2O6P.H2O/c21-20(22,23)16-4-2-1-3-14(16)17-7-11-5-6-12(8-15(11)18(26)24-17)25-9-13(31-19(25)27)10-32(28,29)30;/h1-8,13H,9-10H2,(H,24,26)(H2,28,29,30);1H2/t13-;/m0./s1. The van der Waals surface area contributed by atoms with Gasteiger partial charge in [-0.2, -0.15) is 13.2 Å². The van der Waals surface area contributed by atoms with Crippen molar-refractivity contribution in [2.24, 2.45) is 0 Å². The van der Waals surface area contributed by atoms with Gasteiger partial charge in [-0.1, -0.05) is 24.3 Å². The highest BCUT2D eigenvalue weighted by atomic mass is 31.2. The predicted molar refractivity (Wildman–Crippen MR) is 113 cm³/mol. The zero-order valence-electron chi connectivity index (χ0n) is 16.7. The number of hydrogen-bond donors (Lipinski definition) is 3. The summed E-state index contributed by atoms with van der Waals surface area (Å²) in [7, 11) is -4.40. The number of nitrogens with zero attached hydrogens (tertiary/aromatic N) is 1. The molecule has 1 aromatic heterocycles. The second kappa shape index (κ2) is 8.64. The Morgan fingerprint density at radius 2 is 1.82 bits per heavy atom. The van der Waals surface area contributed by atoms with E-state index in [0.29, 0.717) is 5.39 Å². The zero-order chi connectivity index (χ0) is 23.3. The number of ether oxygens (including phenoxy) is 1. The third-order valence-electron chi connectivity index (χ3n) is 4.98. The molecule has 0 bridgehead atoms. The Hall–Kier alpha value is -3.18. The topological polar surface area (TPSA) is 151 Å². The number of aromatic nitrogens is 1. The molecule has 1 aliphatic heterocycles. The summed E-state index contributed by atoms with van der Waals surface area (Å²) < 4.78 is 56.2. The van der Waals surface area contributed by atoms with Crippen molar-refractivity contribution in [3.63, 3.8) is 0 Å². The Kier molecular flexibility index (Phi) is 6.40. The molecule has 0 spiro atoms. The summed E-state index contributed by atoms with van der Waals surface area (Å²) in [6.45, 7) is -0.121. The Bertz CT molecular complexity index is 1320. The van der Waals surface area contributed by atoms with Crippen LogP contribution in [0.1, 0.15) is 5.56 Å². The van der Waals surface area contributed by atoms with Crippen molar-refractivity contribution in [3.05, 3.63) is 64.4 Å². The Morgan fingerprint density at radius 3 is 2.48 bits per heavy atom. The first-order chi connectivity index (χ1) is 14.9. The zero-order valence-corrected chi connectivity index (χ0v) is 17.6. The maximum atomic E-state index is 13.4. The number of rotatable bonds is 4. The van der Waals surface area contributed by atoms with Crippen LogP contribution in [-0.4, -0.2) is 45.2 Å². The summed E-state index contributed by atoms with van der Waals surface area (Å²) >= 11 is 0. The maximum absolute atomic E-state index is 13.4. The lowest BCUT2D eigenvalue weighted by atomic mass is 10.0. The first-order valence-corrected chi connectivity index (χ1v) is 11.1. The average Bonchev–Trinajstić information content (AvgIpc) is 3.05. The van der Waals surface area contributed by atoms with Crippen LogP contribution in [0.4, 0.5) is 23.7 Å². The number of carbonyl (C=O) groups is 1. The molecule has 2 heterocycles. The molecule has 0 radical (unpaired) electrons. The number of carbonyl (C=O) groups excluding carboxylic acids is 1. The van der Waals surface area contributed by atoms with Gasteiger partial charge in [0.15, 0.2) is 0 Å². The molecule has 1 atom stereocenters. The molecule has 4 rings (SSSR count). The van der Waals surface area contributed by atoms with Crippen LogP contribution >= 0.6 is 7.60 Å². The highest BCUT2D eigenvalue weighted by Crippen LogP contribution is 2.39. The number of anilines is 1. The Balaban J connectivity index is 0.00000306. The van der Waals surface area contributed by atoms with Gasteiger partial charge in [-0.25, -0.2) is 4.79 Å². The molecule has 176 valence electrons. The number of pyridine rings is 1. The van der Waals surface area contributed by atoms with Crippen LogP contribution in [0.5, 0.6) is 0 Å². The molecule has 5 N–H and O–H groups in total. The largest absolute Gasteiger partial charge is 0.443 e. The quantitative estimate of drug-likeness (QED) is 0.483. The Morgan fingerprint density at radius 1 is 1.12 bits per heavy atom. The van der Waals surface area contributed by atoms with Crippen molar-refractivity contribution >= 4 is 30.1 Å². The molecule has 13 heteroatoms. The van der Waals surface area contributed by atoms with E-state index in [1.54, 1.807) is 0 Å². The van der Waals surface area contributed by atoms with Crippen molar-refractivity contribution in [1.29, 1.82) is 0 Å². The highest BCUT2D eigenvalue weighted by molar-refractivity contribution is 7.51. The lowest BCUT2D eigenvalue weighted by molar-refractivity contribution is -0.137. The van der Waals surface area contributed by atoms with Gasteiger partial charge in [0.05, 0.1) is 18.3 Å². The van der Waals surface area contributed by atoms with Gasteiger partial charge in [0, 0.05) is 22.3 Å². The van der Waals surface area contributed by atoms with Gasteiger partial charge in [-0.05, 0) is 29.7 Å². The molecule has 0 unspecified atom stereocenters. The van der Waals surface area contributed by atoms with Crippen LogP contribution in [0, 0.1) is 0 Å². The minimum atomic E-state index is -4.61. The van der Waals surface area contributed by atoms with Crippen molar-refractivity contribution in [2.45, 2.75) is 12.3 Å². The van der Waals surface area contributed by atoms with Crippen molar-refractivity contribution in [3.8, 4) is 11.3 Å². The first-order valence-electron chi connectivity index (χ1n) is 9.29. The number of hydrogen-bond acceptors (Lipinski definition) is 4. The number of benzene rings is 2. The number of aromatic amines is 1. The van der Waals surface area contributed by atoms with Gasteiger partial charge < -0.3 is 25.0 Å². The summed E-state index contributed by atoms with van der Waals surface area (Å²) in [6.07, 6.45) is -7.08. The van der Waals surface area contributed by atoms with Gasteiger partial charge in [-0.15, -0.1) is 0 Å². The predicted octanol–water partition coefficient (Wildman–Crippen LogP) is 2.89. The van der Waals surface area contributed by atoms with E-state index in [-0.39, 0.29) is 34.4 Å². The molecule has 3 aromatic rings. The van der Waals surface area contributed by atoms with Crippen molar-refractivity contribution < 1.29 is 42.5 Å². The molecular weight excluding hydrogens is 468 g/mol. The molecule has 1 saturated heterocycles. The van der Waals surface area contributed by atoms with Gasteiger partial charge in [0.2, 0.25) is 0 Å². The lowest BCUT2D eigenvalue weighted by Crippen LogP contribution is -2.25. The van der Waals surface area contributed by atoms with Crippen molar-refractivity contribution in [2.75, 3.05) is 17.6 Å². The third-order valence-corrected chi connectivity index (χ3v) is 5.86. The number of cyclic esters (lactones) is 1. The highest BCUT2D eigenvalue weighted by Gasteiger charge is 2.36. The molecule has 1 amide bonds. The Labute approximate surface area is 183 Å². The van der Waals surface area contributed by atoms with E-state index in [1.165, 1.54) is 42.5 Å². The fourth-order valence-corrected chi connectivity index (χ4v) is 4.34. The summed E-state index contributed by atoms with van der Waals surface area (Å²) in [5.41, 5.74) is -1.47. The second-order valence-electron chi connectivity index (χ2n) is 7.29. The van der Waals surface area contributed by atoms with Crippen LogP contribution in [0.2, 0.25) is 0 Å². The fraction of sp³-hybridized carbons (Fsp3) is 0.200. The average molecular weight is 486 g/mol. The SMILES string of the molecule is O.O=C1O[C@H](CP(=O)(O)O)CN1c1ccc2cc(-c3ccccc3C(F)(F)F)[nH]c(=O)c2c1. The summed E-state index contributed by atoms with van der Waals surface area (Å²) in [4.78, 5) is 46.5. The number of amides is 1. The van der Waals surface area contributed by atoms with E-state index in [2.05, 4.69) is 4.98 Å². The van der Waals surface area contributed by atoms with E-state index >= 15 is 0 Å². The van der Waals surface area contributed by atoms with Crippen LogP contribution < -0.4 is 10.5 Å². The number of alkyl halides is 3. The first kappa shape index (κ1) is 24.5. The van der Waals surface area contributed by atoms with Crippen LogP contribution in [0.3, 0.4) is 0 Å². The van der Waals surface area contributed by atoms with Crippen molar-refractivity contribution in [1.82, 2.24) is 4.98 Å². The molecule has 1 aliphatic rings. The molecule has 1 fully saturated rings. The number of fused-ring (bicyclic) bond motifs is 1. The monoisotopic (exact) mass is 486 g/mol. The molecular formula is C20H18F3N2O7P. The van der Waals surface area contributed by atoms with Gasteiger partial charge in [0.1, 0.15) is 6.10 Å². The van der Waals surface area contributed by atoms with E-state index in [9.17, 15) is 27.3 Å². The fourth-order valence-electron chi connectivity index (χ4n) is 3.62. The number of halogens is 3. The normalized spacial score (nSPS) is 16.6. The van der Waals surface area contributed by atoms with Crippen LogP contribution in [0.15, 0.2) is 53.3 Å². The minimum absolute atomic E-state index is 0. The molecule has 0 saturated carbocycles. The number of H-pyrrole nitrogens is 1. The van der Waals surface area contributed by atoms with E-state index in [4.69, 9.17) is 14.5 Å². The van der Waals surface area contributed by atoms with Crippen LogP contribution in [-0.2, 0) is 15.5 Å². The molecule has 33 heavy (non-hydrogen) atoms. The second-order valence-corrected chi connectivity index (χ2v) is 8.99. The van der Waals surface area contributed by atoms with Gasteiger partial charge in [-0.3, -0.25) is 14.3 Å². The van der Waals surface area contributed by atoms with E-state index in [0.717, 1.165) is 11.0 Å². The van der Waals surface area contributed by atoms with Crippen LogP contribution in [0.25, 0.3) is 22.0 Å². The smallest absolute Gasteiger partial charge is 0.417 e. The van der Waals surface area contributed by atoms with Gasteiger partial charge >= 0.3 is 19.9 Å². The molecule has 9 nitrogen and oxygen atoms in total. The summed E-state index contributed by atoms with van der Waals surface area (Å²) in [5.74, 6) is 0. The third kappa shape index (κ3) is 5.09. The van der Waals surface area contributed by atoms with Gasteiger partial charge in [0.25, 0.3) is 5.56 Å². The molecule has 2 aromatic carbocycles. The summed E-state index contributed by atoms with van der Waals surface area (Å²) in [5, 5.41) is 0.478. The minimum Gasteiger partial charge on any atom is -0.443 e.